The van der Waals surface area contributed by atoms with E-state index >= 15 is 0 Å². The van der Waals surface area contributed by atoms with Crippen molar-refractivity contribution in [3.8, 4) is 10.6 Å². The zero-order valence-corrected chi connectivity index (χ0v) is 28.9. The van der Waals surface area contributed by atoms with Crippen LogP contribution in [-0.2, 0) is 14.1 Å². The lowest BCUT2D eigenvalue weighted by atomic mass is 9.43. The molecule has 1 saturated heterocycles. The quantitative estimate of drug-likeness (QED) is 0.237. The van der Waals surface area contributed by atoms with Crippen LogP contribution in [0.4, 0.5) is 0 Å². The normalized spacial score (nSPS) is 25.3. The second-order valence-corrected chi connectivity index (χ2v) is 15.5. The van der Waals surface area contributed by atoms with E-state index in [2.05, 4.69) is 55.6 Å². The largest absolute Gasteiger partial charge is 0.481 e. The molecule has 3 amide bonds. The highest BCUT2D eigenvalue weighted by Gasteiger charge is 2.68. The Morgan fingerprint density at radius 3 is 2.45 bits per heavy atom. The number of hydrogen-bond acceptors (Lipinski definition) is 7. The van der Waals surface area contributed by atoms with Gasteiger partial charge in [0.1, 0.15) is 11.7 Å². The van der Waals surface area contributed by atoms with Crippen LogP contribution >= 0.6 is 11.3 Å². The Kier molecular flexibility index (Phi) is 9.35. The van der Waals surface area contributed by atoms with Gasteiger partial charge >= 0.3 is 7.12 Å². The summed E-state index contributed by atoms with van der Waals surface area (Å²) in [4.78, 5) is 46.2. The second-order valence-electron chi connectivity index (χ2n) is 14.6. The number of carbonyl (C=O) groups excluding carboxylic acids is 3. The Labute approximate surface area is 281 Å². The van der Waals surface area contributed by atoms with Crippen LogP contribution in [0, 0.1) is 30.1 Å². The molecule has 248 valence electrons. The second kappa shape index (κ2) is 13.2. The van der Waals surface area contributed by atoms with Gasteiger partial charge < -0.3 is 25.3 Å². The molecule has 3 N–H and O–H groups in total. The molecule has 47 heavy (non-hydrogen) atoms. The number of thiophene rings is 1. The van der Waals surface area contributed by atoms with Gasteiger partial charge in [0.15, 0.2) is 0 Å². The van der Waals surface area contributed by atoms with Crippen LogP contribution < -0.4 is 16.0 Å². The highest BCUT2D eigenvalue weighted by Crippen LogP contribution is 2.65. The molecule has 0 unspecified atom stereocenters. The number of amides is 3. The number of nitrogens with zero attached hydrogens (tertiary/aromatic N) is 1. The van der Waals surface area contributed by atoms with Gasteiger partial charge in [-0.05, 0) is 92.0 Å². The van der Waals surface area contributed by atoms with Gasteiger partial charge in [-0.2, -0.15) is 0 Å². The molecule has 3 heterocycles. The molecular formula is C36H45BN4O5S. The van der Waals surface area contributed by atoms with Crippen molar-refractivity contribution in [2.24, 2.45) is 23.2 Å². The fourth-order valence-corrected chi connectivity index (χ4v) is 8.36. The van der Waals surface area contributed by atoms with Gasteiger partial charge in [0.05, 0.1) is 28.2 Å². The monoisotopic (exact) mass is 656 g/mol. The predicted molar refractivity (Wildman–Crippen MR) is 184 cm³/mol. The van der Waals surface area contributed by atoms with Gasteiger partial charge in [0.25, 0.3) is 11.8 Å². The summed E-state index contributed by atoms with van der Waals surface area (Å²) in [6, 6.07) is 15.2. The molecule has 6 atom stereocenters. The van der Waals surface area contributed by atoms with Gasteiger partial charge in [-0.3, -0.25) is 14.4 Å². The smallest absolute Gasteiger partial charge is 0.404 e. The van der Waals surface area contributed by atoms with E-state index in [-0.39, 0.29) is 35.6 Å². The number of carbonyl (C=O) groups is 3. The van der Waals surface area contributed by atoms with Gasteiger partial charge in [-0.1, -0.05) is 57.5 Å². The number of aryl methyl sites for hydroxylation is 1. The van der Waals surface area contributed by atoms with Crippen molar-refractivity contribution < 1.29 is 23.7 Å². The van der Waals surface area contributed by atoms with Crippen LogP contribution in [0.25, 0.3) is 10.6 Å². The van der Waals surface area contributed by atoms with Gasteiger partial charge in [-0.15, -0.1) is 11.3 Å². The average molecular weight is 657 g/mol. The highest BCUT2D eigenvalue weighted by atomic mass is 32.1. The molecule has 7 rings (SSSR count). The number of rotatable bonds is 11. The summed E-state index contributed by atoms with van der Waals surface area (Å²) < 4.78 is 13.3. The molecule has 4 aliphatic rings. The molecule has 11 heteroatoms. The third-order valence-corrected chi connectivity index (χ3v) is 11.4. The van der Waals surface area contributed by atoms with Gasteiger partial charge in [0.2, 0.25) is 5.91 Å². The Bertz CT molecular complexity index is 1610. The van der Waals surface area contributed by atoms with E-state index in [1.54, 1.807) is 24.3 Å². The first-order chi connectivity index (χ1) is 22.3. The summed E-state index contributed by atoms with van der Waals surface area (Å²) in [6.45, 7) is 12.8. The zero-order chi connectivity index (χ0) is 33.5. The Morgan fingerprint density at radius 2 is 1.77 bits per heavy atom. The van der Waals surface area contributed by atoms with E-state index in [9.17, 15) is 14.4 Å². The van der Waals surface area contributed by atoms with Crippen molar-refractivity contribution in [3.05, 3.63) is 76.8 Å². The number of hydrogen-bond donors (Lipinski definition) is 3. The molecule has 0 spiro atoms. The lowest BCUT2D eigenvalue weighted by Crippen LogP contribution is -2.65. The van der Waals surface area contributed by atoms with Crippen molar-refractivity contribution in [3.63, 3.8) is 0 Å². The van der Waals surface area contributed by atoms with E-state index in [0.29, 0.717) is 29.5 Å². The molecule has 2 aromatic heterocycles. The topological polar surface area (TPSA) is 119 Å². The minimum Gasteiger partial charge on any atom is -0.404 e. The van der Waals surface area contributed by atoms with Crippen LogP contribution in [0.3, 0.4) is 0 Å². The molecule has 3 aromatic rings. The summed E-state index contributed by atoms with van der Waals surface area (Å²) >= 11 is 1.53. The molecule has 3 saturated carbocycles. The maximum atomic E-state index is 14.1. The minimum atomic E-state index is -1.08. The first-order valence-electron chi connectivity index (χ1n) is 16.7. The van der Waals surface area contributed by atoms with Crippen LogP contribution in [0.2, 0.25) is 0 Å². The zero-order valence-electron chi connectivity index (χ0n) is 28.0. The molecule has 1 aromatic carbocycles. The maximum absolute atomic E-state index is 14.1. The van der Waals surface area contributed by atoms with Crippen molar-refractivity contribution in [1.29, 1.82) is 0 Å². The number of aromatic nitrogens is 1. The lowest BCUT2D eigenvalue weighted by Gasteiger charge is -2.64. The Hall–Kier alpha value is -3.54. The van der Waals surface area contributed by atoms with Crippen LogP contribution in [0.1, 0.15) is 80.3 Å². The van der Waals surface area contributed by atoms with Crippen molar-refractivity contribution in [1.82, 2.24) is 20.9 Å². The summed E-state index contributed by atoms with van der Waals surface area (Å²) in [5.41, 5.74) is 2.13. The van der Waals surface area contributed by atoms with Crippen LogP contribution in [0.15, 0.2) is 60.0 Å². The predicted octanol–water partition coefficient (Wildman–Crippen LogP) is 5.45. The van der Waals surface area contributed by atoms with E-state index in [0.717, 1.165) is 23.3 Å². The minimum absolute atomic E-state index is 0.0261. The standard InChI is InChI=1S/C36H45BN4O5S/c1-21(2)17-31(37-45-30-19-24-18-29(35(24,4)5)36(30,6)46-37)41-34(44)27(20-38-32(42)23-14-12-22(3)13-15-23)40-33(43)26-10-7-9-25(39-26)28-11-8-16-47-28/h7-16,21,24,27,29-31H,17-20H2,1-6H3,(H,38,42)(H,40,43)(H,41,44)/t24-,27+,29+,30-,31+,36+/m1/s1. The number of pyridine rings is 1. The van der Waals surface area contributed by atoms with Gasteiger partial charge in [0, 0.05) is 12.1 Å². The van der Waals surface area contributed by atoms with Crippen LogP contribution in [-0.4, -0.2) is 60.1 Å². The van der Waals surface area contributed by atoms with Crippen LogP contribution in [0.5, 0.6) is 0 Å². The first-order valence-corrected chi connectivity index (χ1v) is 17.5. The third-order valence-electron chi connectivity index (χ3n) is 10.5. The summed E-state index contributed by atoms with van der Waals surface area (Å²) in [6.07, 6.45) is 2.67. The molecule has 3 aliphatic carbocycles. The molecule has 1 aliphatic heterocycles. The Balaban J connectivity index is 1.20. The van der Waals surface area contributed by atoms with Crippen molar-refractivity contribution in [2.75, 3.05) is 6.54 Å². The first kappa shape index (κ1) is 33.4. The number of nitrogens with one attached hydrogen (secondary N) is 3. The van der Waals surface area contributed by atoms with E-state index in [1.807, 2.05) is 42.6 Å². The third kappa shape index (κ3) is 6.75. The Morgan fingerprint density at radius 1 is 1.00 bits per heavy atom. The SMILES string of the molecule is Cc1ccc(C(=O)NC[C@H](NC(=O)c2cccc(-c3cccs3)n2)C(=O)N[C@@H](CC(C)C)B2O[C@@H]3C[C@H]4C[C@@H](C4(C)C)[C@]3(C)O2)cc1. The summed E-state index contributed by atoms with van der Waals surface area (Å²) in [7, 11) is -0.617. The van der Waals surface area contributed by atoms with E-state index < -0.39 is 36.5 Å². The maximum Gasteiger partial charge on any atom is 0.481 e. The van der Waals surface area contributed by atoms with E-state index in [4.69, 9.17) is 9.31 Å². The average Bonchev–Trinajstić information content (AvgIpc) is 3.70. The molecule has 9 nitrogen and oxygen atoms in total. The summed E-state index contributed by atoms with van der Waals surface area (Å²) in [5.74, 6) is -0.490. The molecule has 4 fully saturated rings. The molecule has 0 radical (unpaired) electrons. The van der Waals surface area contributed by atoms with Gasteiger partial charge in [-0.25, -0.2) is 4.98 Å². The molecular weight excluding hydrogens is 611 g/mol. The number of benzene rings is 1. The molecule has 2 bridgehead atoms. The fraction of sp³-hybridized carbons (Fsp3) is 0.500. The summed E-state index contributed by atoms with van der Waals surface area (Å²) in [5, 5.41) is 10.8. The highest BCUT2D eigenvalue weighted by molar-refractivity contribution is 7.13. The fourth-order valence-electron chi connectivity index (χ4n) is 7.67. The van der Waals surface area contributed by atoms with E-state index in [1.165, 1.54) is 11.3 Å². The van der Waals surface area contributed by atoms with Crippen molar-refractivity contribution in [2.45, 2.75) is 84.5 Å². The lowest BCUT2D eigenvalue weighted by molar-refractivity contribution is -0.199. The van der Waals surface area contributed by atoms with Crippen molar-refractivity contribution >= 4 is 36.2 Å².